The van der Waals surface area contributed by atoms with E-state index in [1.807, 2.05) is 0 Å². The molecule has 0 fully saturated rings. The molecule has 0 aromatic carbocycles. The summed E-state index contributed by atoms with van der Waals surface area (Å²) in [5.41, 5.74) is 0.139. The number of carboxylic acid groups (broad SMARTS) is 2. The first kappa shape index (κ1) is 21.8. The molecule has 0 saturated heterocycles. The Morgan fingerprint density at radius 2 is 2.00 bits per heavy atom. The van der Waals surface area contributed by atoms with Crippen molar-refractivity contribution in [2.45, 2.75) is 52.4 Å². The lowest BCUT2D eigenvalue weighted by atomic mass is 9.99. The Labute approximate surface area is 160 Å². The predicted molar refractivity (Wildman–Crippen MR) is 95.8 cm³/mol. The van der Waals surface area contributed by atoms with Gasteiger partial charge in [-0.05, 0) is 26.0 Å². The first-order chi connectivity index (χ1) is 12.3. The zero-order chi connectivity index (χ0) is 20.7. The third-order valence-electron chi connectivity index (χ3n) is 4.50. The molecular formula is C14H20N2O8S3. The maximum atomic E-state index is 12.6. The van der Waals surface area contributed by atoms with Gasteiger partial charge < -0.3 is 10.2 Å². The van der Waals surface area contributed by atoms with Gasteiger partial charge >= 0.3 is 11.9 Å². The molecule has 0 aliphatic carbocycles. The van der Waals surface area contributed by atoms with Gasteiger partial charge in [0, 0.05) is 11.6 Å². The van der Waals surface area contributed by atoms with Crippen LogP contribution in [0.4, 0.5) is 0 Å². The minimum absolute atomic E-state index is 0.00731. The van der Waals surface area contributed by atoms with Crippen LogP contribution < -0.4 is 5.14 Å². The molecule has 1 aromatic heterocycles. The van der Waals surface area contributed by atoms with E-state index in [1.54, 1.807) is 6.92 Å². The number of carbonyl (C=O) groups is 2. The summed E-state index contributed by atoms with van der Waals surface area (Å²) < 4.78 is 48.1. The number of nitrogens with zero attached hydrogens (tertiary/aromatic N) is 1. The van der Waals surface area contributed by atoms with Gasteiger partial charge in [-0.2, -0.15) is 0 Å². The lowest BCUT2D eigenvalue weighted by Gasteiger charge is -2.38. The number of likely N-dealkylation sites (N-methyl/N-ethyl adjacent to an activating group) is 1. The van der Waals surface area contributed by atoms with Gasteiger partial charge in [0.2, 0.25) is 10.0 Å². The zero-order valence-electron chi connectivity index (χ0n) is 14.5. The van der Waals surface area contributed by atoms with Crippen molar-refractivity contribution in [3.05, 3.63) is 11.6 Å². The van der Waals surface area contributed by atoms with E-state index in [0.717, 1.165) is 6.07 Å². The second kappa shape index (κ2) is 7.47. The number of primary sulfonamides is 1. The molecule has 0 unspecified atom stereocenters. The highest BCUT2D eigenvalue weighted by atomic mass is 32.3. The van der Waals surface area contributed by atoms with Crippen LogP contribution in [0.5, 0.6) is 0 Å². The van der Waals surface area contributed by atoms with Crippen molar-refractivity contribution >= 4 is 43.1 Å². The molecule has 1 aromatic rings. The Kier molecular flexibility index (Phi) is 6.02. The van der Waals surface area contributed by atoms with E-state index in [4.69, 9.17) is 10.2 Å². The molecule has 0 radical (unpaired) electrons. The lowest BCUT2D eigenvalue weighted by molar-refractivity contribution is -0.151. The Hall–Kier alpha value is -1.54. The smallest absolute Gasteiger partial charge is 0.321 e. The van der Waals surface area contributed by atoms with Crippen LogP contribution in [0, 0.1) is 0 Å². The molecule has 0 amide bonds. The fraction of sp³-hybridized carbons (Fsp3) is 0.571. The van der Waals surface area contributed by atoms with E-state index in [9.17, 15) is 31.5 Å². The number of aliphatic carboxylic acids is 2. The van der Waals surface area contributed by atoms with Crippen molar-refractivity contribution in [1.29, 1.82) is 0 Å². The van der Waals surface area contributed by atoms with Gasteiger partial charge in [0.15, 0.2) is 9.84 Å². The van der Waals surface area contributed by atoms with E-state index in [-0.39, 0.29) is 26.9 Å². The highest BCUT2D eigenvalue weighted by Gasteiger charge is 2.44. The maximum absolute atomic E-state index is 12.6. The quantitative estimate of drug-likeness (QED) is 0.537. The molecule has 4 N–H and O–H groups in total. The van der Waals surface area contributed by atoms with Crippen LogP contribution in [0.1, 0.15) is 38.3 Å². The number of nitrogens with two attached hydrogens (primary N) is 1. The lowest BCUT2D eigenvalue weighted by Crippen LogP contribution is -2.47. The van der Waals surface area contributed by atoms with Crippen LogP contribution in [0.25, 0.3) is 0 Å². The fourth-order valence-electron chi connectivity index (χ4n) is 3.20. The van der Waals surface area contributed by atoms with Crippen LogP contribution in [0.2, 0.25) is 0 Å². The highest BCUT2D eigenvalue weighted by Crippen LogP contribution is 2.45. The fourth-order valence-corrected chi connectivity index (χ4v) is 7.59. The standard InChI is InChI=1S/C14H20N2O8S3/c1-3-16(10(13(19)20)6-11(17)18)9-4-7(2)26(21,22)14-8(9)5-12(25-14)27(15,23)24/h5,7,9-10H,3-4,6H2,1-2H3,(H,17,18)(H,19,20)(H2,15,23,24)/t7-,9+,10+/m0/s1. The Bertz CT molecular complexity index is 966. The van der Waals surface area contributed by atoms with Crippen LogP contribution in [-0.4, -0.2) is 61.7 Å². The van der Waals surface area contributed by atoms with Crippen LogP contribution in [0.15, 0.2) is 14.5 Å². The number of hydrogen-bond donors (Lipinski definition) is 3. The van der Waals surface area contributed by atoms with E-state index in [0.29, 0.717) is 11.3 Å². The van der Waals surface area contributed by atoms with Crippen molar-refractivity contribution in [1.82, 2.24) is 4.90 Å². The number of sulfone groups is 1. The van der Waals surface area contributed by atoms with Gasteiger partial charge in [0.25, 0.3) is 0 Å². The van der Waals surface area contributed by atoms with Gasteiger partial charge in [-0.15, -0.1) is 11.3 Å². The summed E-state index contributed by atoms with van der Waals surface area (Å²) in [5, 5.41) is 22.7. The monoisotopic (exact) mass is 440 g/mol. The second-order valence-corrected chi connectivity index (χ2v) is 11.6. The summed E-state index contributed by atoms with van der Waals surface area (Å²) in [7, 11) is -7.95. The van der Waals surface area contributed by atoms with Gasteiger partial charge in [-0.25, -0.2) is 22.0 Å². The molecule has 27 heavy (non-hydrogen) atoms. The third-order valence-corrected chi connectivity index (χ3v) is 9.82. The molecule has 3 atom stereocenters. The minimum atomic E-state index is -4.15. The summed E-state index contributed by atoms with van der Waals surface area (Å²) >= 11 is 0.527. The normalized spacial score (nSPS) is 23.0. The second-order valence-electron chi connectivity index (χ2n) is 6.24. The highest BCUT2D eigenvalue weighted by molar-refractivity contribution is 7.95. The molecule has 0 spiro atoms. The SMILES string of the molecule is CCN([C@H](CC(=O)O)C(=O)O)[C@@H]1C[C@H](C)S(=O)(=O)c2sc(S(N)(=O)=O)cc21. The summed E-state index contributed by atoms with van der Waals surface area (Å²) in [6, 6.07) is -1.02. The number of fused-ring (bicyclic) bond motifs is 1. The average Bonchev–Trinajstić information content (AvgIpc) is 2.98. The van der Waals surface area contributed by atoms with E-state index < -0.39 is 55.6 Å². The Morgan fingerprint density at radius 3 is 2.44 bits per heavy atom. The van der Waals surface area contributed by atoms with Crippen LogP contribution >= 0.6 is 11.3 Å². The first-order valence-corrected chi connectivity index (χ1v) is 11.8. The van der Waals surface area contributed by atoms with E-state index in [2.05, 4.69) is 0 Å². The Morgan fingerprint density at radius 1 is 1.41 bits per heavy atom. The average molecular weight is 441 g/mol. The topological polar surface area (TPSA) is 172 Å². The summed E-state index contributed by atoms with van der Waals surface area (Å²) in [5.74, 6) is -2.67. The Balaban J connectivity index is 2.65. The predicted octanol–water partition coefficient (Wildman–Crippen LogP) is 0.252. The summed E-state index contributed by atoms with van der Waals surface area (Å²) in [6.45, 7) is 3.20. The van der Waals surface area contributed by atoms with Crippen LogP contribution in [0.3, 0.4) is 0 Å². The molecule has 0 saturated carbocycles. The largest absolute Gasteiger partial charge is 0.481 e. The summed E-state index contributed by atoms with van der Waals surface area (Å²) in [6.07, 6.45) is -0.671. The van der Waals surface area contributed by atoms with E-state index in [1.165, 1.54) is 11.8 Å². The van der Waals surface area contributed by atoms with Gasteiger partial charge in [0.1, 0.15) is 14.5 Å². The van der Waals surface area contributed by atoms with Crippen molar-refractivity contribution in [3.63, 3.8) is 0 Å². The molecule has 10 nitrogen and oxygen atoms in total. The number of rotatable bonds is 7. The van der Waals surface area contributed by atoms with Crippen molar-refractivity contribution in [3.8, 4) is 0 Å². The number of thiophene rings is 1. The number of hydrogen-bond acceptors (Lipinski definition) is 8. The zero-order valence-corrected chi connectivity index (χ0v) is 17.0. The van der Waals surface area contributed by atoms with Crippen molar-refractivity contribution < 1.29 is 36.6 Å². The number of sulfonamides is 1. The molecule has 2 heterocycles. The molecule has 0 bridgehead atoms. The molecule has 1 aliphatic heterocycles. The molecule has 13 heteroatoms. The first-order valence-electron chi connectivity index (χ1n) is 7.91. The molecular weight excluding hydrogens is 420 g/mol. The summed E-state index contributed by atoms with van der Waals surface area (Å²) in [4.78, 5) is 24.1. The number of carboxylic acids is 2. The molecule has 1 aliphatic rings. The minimum Gasteiger partial charge on any atom is -0.481 e. The third kappa shape index (κ3) is 4.16. The van der Waals surface area contributed by atoms with Crippen molar-refractivity contribution in [2.24, 2.45) is 5.14 Å². The van der Waals surface area contributed by atoms with Crippen LogP contribution in [-0.2, 0) is 29.4 Å². The molecule has 152 valence electrons. The molecule has 2 rings (SSSR count). The van der Waals surface area contributed by atoms with Gasteiger partial charge in [-0.3, -0.25) is 14.5 Å². The van der Waals surface area contributed by atoms with E-state index >= 15 is 0 Å². The van der Waals surface area contributed by atoms with Crippen molar-refractivity contribution in [2.75, 3.05) is 6.54 Å². The maximum Gasteiger partial charge on any atom is 0.321 e. The van der Waals surface area contributed by atoms with Gasteiger partial charge in [-0.1, -0.05) is 6.92 Å². The van der Waals surface area contributed by atoms with Gasteiger partial charge in [0.05, 0.1) is 11.7 Å².